The van der Waals surface area contributed by atoms with Crippen molar-refractivity contribution >= 4 is 0 Å². The molecule has 0 radical (unpaired) electrons. The van der Waals surface area contributed by atoms with Crippen LogP contribution in [0.25, 0.3) is 0 Å². The number of hydrogen-bond acceptors (Lipinski definition) is 2. The van der Waals surface area contributed by atoms with Gasteiger partial charge in [-0.05, 0) is 44.7 Å². The SMILES string of the molecule is CCCCN(CCNCCC(C)C)C1CC1. The predicted octanol–water partition coefficient (Wildman–Crippen LogP) is 2.89. The Morgan fingerprint density at radius 3 is 2.50 bits per heavy atom. The molecule has 1 aliphatic carbocycles. The Bertz CT molecular complexity index is 164. The molecular weight excluding hydrogens is 196 g/mol. The van der Waals surface area contributed by atoms with Gasteiger partial charge in [0.2, 0.25) is 0 Å². The zero-order valence-electron chi connectivity index (χ0n) is 11.5. The Morgan fingerprint density at radius 2 is 1.94 bits per heavy atom. The molecular formula is C14H30N2. The summed E-state index contributed by atoms with van der Waals surface area (Å²) in [7, 11) is 0. The first-order valence-electron chi connectivity index (χ1n) is 7.18. The van der Waals surface area contributed by atoms with Crippen LogP contribution in [0.1, 0.15) is 52.9 Å². The van der Waals surface area contributed by atoms with Crippen molar-refractivity contribution < 1.29 is 0 Å². The van der Waals surface area contributed by atoms with E-state index in [1.807, 2.05) is 0 Å². The van der Waals surface area contributed by atoms with Gasteiger partial charge in [-0.25, -0.2) is 0 Å². The molecule has 0 spiro atoms. The molecule has 2 nitrogen and oxygen atoms in total. The highest BCUT2D eigenvalue weighted by Gasteiger charge is 2.27. The van der Waals surface area contributed by atoms with Crippen molar-refractivity contribution in [2.24, 2.45) is 5.92 Å². The van der Waals surface area contributed by atoms with E-state index < -0.39 is 0 Å². The summed E-state index contributed by atoms with van der Waals surface area (Å²) in [6.07, 6.45) is 6.87. The van der Waals surface area contributed by atoms with E-state index in [-0.39, 0.29) is 0 Å². The molecule has 0 aromatic heterocycles. The van der Waals surface area contributed by atoms with Crippen LogP contribution in [0.4, 0.5) is 0 Å². The van der Waals surface area contributed by atoms with Gasteiger partial charge in [0.1, 0.15) is 0 Å². The number of nitrogens with zero attached hydrogens (tertiary/aromatic N) is 1. The fraction of sp³-hybridized carbons (Fsp3) is 1.00. The average molecular weight is 226 g/mol. The highest BCUT2D eigenvalue weighted by Crippen LogP contribution is 2.26. The van der Waals surface area contributed by atoms with Gasteiger partial charge >= 0.3 is 0 Å². The minimum Gasteiger partial charge on any atom is -0.315 e. The van der Waals surface area contributed by atoms with E-state index in [0.717, 1.165) is 12.0 Å². The monoisotopic (exact) mass is 226 g/mol. The quantitative estimate of drug-likeness (QED) is 0.576. The molecule has 1 fully saturated rings. The highest BCUT2D eigenvalue weighted by atomic mass is 15.2. The third-order valence-corrected chi connectivity index (χ3v) is 3.34. The molecule has 0 amide bonds. The first-order chi connectivity index (χ1) is 7.74. The predicted molar refractivity (Wildman–Crippen MR) is 71.8 cm³/mol. The molecule has 96 valence electrons. The van der Waals surface area contributed by atoms with Crippen molar-refractivity contribution in [3.05, 3.63) is 0 Å². The van der Waals surface area contributed by atoms with Crippen LogP contribution < -0.4 is 5.32 Å². The largest absolute Gasteiger partial charge is 0.315 e. The zero-order chi connectivity index (χ0) is 11.8. The lowest BCUT2D eigenvalue weighted by Crippen LogP contribution is -2.35. The molecule has 1 N–H and O–H groups in total. The van der Waals surface area contributed by atoms with Gasteiger partial charge < -0.3 is 5.32 Å². The van der Waals surface area contributed by atoms with Crippen LogP contribution in [0.5, 0.6) is 0 Å². The van der Waals surface area contributed by atoms with Crippen LogP contribution in [-0.2, 0) is 0 Å². The standard InChI is InChI=1S/C14H30N2/c1-4-5-11-16(14-6-7-14)12-10-15-9-8-13(2)3/h13-15H,4-12H2,1-3H3. The van der Waals surface area contributed by atoms with Crippen LogP contribution in [0.15, 0.2) is 0 Å². The maximum atomic E-state index is 3.56. The third kappa shape index (κ3) is 6.49. The molecule has 0 bridgehead atoms. The van der Waals surface area contributed by atoms with Crippen molar-refractivity contribution in [1.29, 1.82) is 0 Å². The second-order valence-corrected chi connectivity index (χ2v) is 5.55. The molecule has 2 heteroatoms. The van der Waals surface area contributed by atoms with Crippen molar-refractivity contribution in [3.8, 4) is 0 Å². The lowest BCUT2D eigenvalue weighted by atomic mass is 10.1. The van der Waals surface area contributed by atoms with Gasteiger partial charge in [-0.15, -0.1) is 0 Å². The first kappa shape index (κ1) is 14.0. The Morgan fingerprint density at radius 1 is 1.19 bits per heavy atom. The molecule has 0 aliphatic heterocycles. The maximum absolute atomic E-state index is 3.56. The Hall–Kier alpha value is -0.0800. The highest BCUT2D eigenvalue weighted by molar-refractivity contribution is 4.84. The van der Waals surface area contributed by atoms with Crippen LogP contribution in [0, 0.1) is 5.92 Å². The Balaban J connectivity index is 1.99. The van der Waals surface area contributed by atoms with E-state index >= 15 is 0 Å². The molecule has 0 heterocycles. The van der Waals surface area contributed by atoms with E-state index in [1.54, 1.807) is 0 Å². The van der Waals surface area contributed by atoms with E-state index in [2.05, 4.69) is 31.0 Å². The minimum absolute atomic E-state index is 0.826. The maximum Gasteiger partial charge on any atom is 0.0110 e. The normalized spacial score (nSPS) is 16.3. The molecule has 0 aromatic carbocycles. The molecule has 0 aromatic rings. The average Bonchev–Trinajstić information content (AvgIpc) is 3.05. The first-order valence-corrected chi connectivity index (χ1v) is 7.18. The van der Waals surface area contributed by atoms with E-state index in [0.29, 0.717) is 0 Å². The molecule has 0 unspecified atom stereocenters. The van der Waals surface area contributed by atoms with Crippen molar-refractivity contribution in [2.75, 3.05) is 26.2 Å². The fourth-order valence-electron chi connectivity index (χ4n) is 2.02. The number of rotatable bonds is 10. The van der Waals surface area contributed by atoms with Gasteiger partial charge in [0.05, 0.1) is 0 Å². The molecule has 0 saturated heterocycles. The summed E-state index contributed by atoms with van der Waals surface area (Å²) >= 11 is 0. The van der Waals surface area contributed by atoms with Gasteiger partial charge in [-0.3, -0.25) is 4.90 Å². The summed E-state index contributed by atoms with van der Waals surface area (Å²) in [5.74, 6) is 0.826. The molecule has 16 heavy (non-hydrogen) atoms. The van der Waals surface area contributed by atoms with Crippen molar-refractivity contribution in [1.82, 2.24) is 10.2 Å². The topological polar surface area (TPSA) is 15.3 Å². The van der Waals surface area contributed by atoms with Crippen LogP contribution >= 0.6 is 0 Å². The number of hydrogen-bond donors (Lipinski definition) is 1. The third-order valence-electron chi connectivity index (χ3n) is 3.34. The summed E-state index contributed by atoms with van der Waals surface area (Å²) in [6, 6.07) is 0.929. The van der Waals surface area contributed by atoms with Crippen molar-refractivity contribution in [2.45, 2.75) is 58.9 Å². The van der Waals surface area contributed by atoms with Gasteiger partial charge in [-0.1, -0.05) is 27.2 Å². The summed E-state index contributed by atoms with van der Waals surface area (Å²) in [5, 5.41) is 3.56. The van der Waals surface area contributed by atoms with Gasteiger partial charge in [-0.2, -0.15) is 0 Å². The minimum atomic E-state index is 0.826. The Kier molecular flexibility index (Phi) is 7.06. The molecule has 1 aliphatic rings. The smallest absolute Gasteiger partial charge is 0.0110 e. The van der Waals surface area contributed by atoms with Crippen LogP contribution in [0.2, 0.25) is 0 Å². The Labute approximate surface area is 102 Å². The summed E-state index contributed by atoms with van der Waals surface area (Å²) in [6.45, 7) is 11.8. The molecule has 0 atom stereocenters. The summed E-state index contributed by atoms with van der Waals surface area (Å²) < 4.78 is 0. The lowest BCUT2D eigenvalue weighted by Gasteiger charge is -2.21. The second kappa shape index (κ2) is 8.08. The van der Waals surface area contributed by atoms with Gasteiger partial charge in [0, 0.05) is 19.1 Å². The van der Waals surface area contributed by atoms with E-state index in [9.17, 15) is 0 Å². The number of nitrogens with one attached hydrogen (secondary N) is 1. The van der Waals surface area contributed by atoms with E-state index in [1.165, 1.54) is 58.3 Å². The summed E-state index contributed by atoms with van der Waals surface area (Å²) in [4.78, 5) is 2.69. The molecule has 1 rings (SSSR count). The fourth-order valence-corrected chi connectivity index (χ4v) is 2.02. The zero-order valence-corrected chi connectivity index (χ0v) is 11.5. The van der Waals surface area contributed by atoms with Gasteiger partial charge in [0.15, 0.2) is 0 Å². The van der Waals surface area contributed by atoms with E-state index in [4.69, 9.17) is 0 Å². The molecule has 1 saturated carbocycles. The van der Waals surface area contributed by atoms with Crippen LogP contribution in [-0.4, -0.2) is 37.1 Å². The lowest BCUT2D eigenvalue weighted by molar-refractivity contribution is 0.258. The second-order valence-electron chi connectivity index (χ2n) is 5.55. The van der Waals surface area contributed by atoms with Crippen LogP contribution in [0.3, 0.4) is 0 Å². The summed E-state index contributed by atoms with van der Waals surface area (Å²) in [5.41, 5.74) is 0. The van der Waals surface area contributed by atoms with Gasteiger partial charge in [0.25, 0.3) is 0 Å². The number of unbranched alkanes of at least 4 members (excludes halogenated alkanes) is 1. The van der Waals surface area contributed by atoms with Crippen molar-refractivity contribution in [3.63, 3.8) is 0 Å².